The number of rotatable bonds is 7. The van der Waals surface area contributed by atoms with Crippen molar-refractivity contribution in [1.29, 1.82) is 0 Å². The quantitative estimate of drug-likeness (QED) is 0.429. The molecule has 3 heterocycles. The summed E-state index contributed by atoms with van der Waals surface area (Å²) in [6, 6.07) is 16.1. The molecule has 0 bridgehead atoms. The molecule has 0 saturated carbocycles. The van der Waals surface area contributed by atoms with E-state index in [4.69, 9.17) is 16.1 Å². The molecule has 1 aromatic heterocycles. The first kappa shape index (κ1) is 25.7. The van der Waals surface area contributed by atoms with E-state index in [0.29, 0.717) is 23.3 Å². The van der Waals surface area contributed by atoms with Gasteiger partial charge >= 0.3 is 0 Å². The van der Waals surface area contributed by atoms with Gasteiger partial charge in [-0.3, -0.25) is 9.69 Å². The van der Waals surface area contributed by atoms with Crippen LogP contribution in [0.5, 0.6) is 0 Å². The van der Waals surface area contributed by atoms with Crippen LogP contribution in [-0.4, -0.2) is 47.1 Å². The van der Waals surface area contributed by atoms with Gasteiger partial charge in [0.15, 0.2) is 0 Å². The van der Waals surface area contributed by atoms with Gasteiger partial charge in [0, 0.05) is 35.3 Å². The van der Waals surface area contributed by atoms with Crippen molar-refractivity contribution >= 4 is 23.2 Å². The lowest BCUT2D eigenvalue weighted by molar-refractivity contribution is -0.127. The van der Waals surface area contributed by atoms with Crippen LogP contribution in [0, 0.1) is 11.8 Å². The van der Waals surface area contributed by atoms with E-state index in [1.165, 1.54) is 18.5 Å². The molecular formula is C29H36ClN5O2. The average molecular weight is 522 g/mol. The van der Waals surface area contributed by atoms with E-state index < -0.39 is 0 Å². The Kier molecular flexibility index (Phi) is 8.11. The number of piperidine rings is 2. The molecule has 0 radical (unpaired) electrons. The molecular weight excluding hydrogens is 486 g/mol. The number of halogens is 1. The van der Waals surface area contributed by atoms with Crippen LogP contribution < -0.4 is 10.2 Å². The Balaban J connectivity index is 1.08. The van der Waals surface area contributed by atoms with E-state index in [9.17, 15) is 4.79 Å². The monoisotopic (exact) mass is 521 g/mol. The second-order valence-electron chi connectivity index (χ2n) is 10.6. The molecule has 2 fully saturated rings. The molecule has 37 heavy (non-hydrogen) atoms. The van der Waals surface area contributed by atoms with Crippen molar-refractivity contribution in [3.8, 4) is 11.4 Å². The Bertz CT molecular complexity index is 1180. The van der Waals surface area contributed by atoms with Crippen LogP contribution in [0.4, 0.5) is 5.69 Å². The fourth-order valence-corrected chi connectivity index (χ4v) is 5.45. The summed E-state index contributed by atoms with van der Waals surface area (Å²) in [5.41, 5.74) is 3.26. The lowest BCUT2D eigenvalue weighted by Gasteiger charge is -2.32. The summed E-state index contributed by atoms with van der Waals surface area (Å²) >= 11 is 6.07. The first-order chi connectivity index (χ1) is 17.9. The maximum absolute atomic E-state index is 13.0. The molecule has 0 spiro atoms. The number of hydrogen-bond donors (Lipinski definition) is 1. The molecule has 1 unspecified atom stereocenters. The minimum atomic E-state index is -0.00994. The highest BCUT2D eigenvalue weighted by Gasteiger charge is 2.27. The molecule has 5 rings (SSSR count). The molecule has 2 aliphatic heterocycles. The predicted octanol–water partition coefficient (Wildman–Crippen LogP) is 5.72. The Morgan fingerprint density at radius 1 is 1.08 bits per heavy atom. The third kappa shape index (κ3) is 6.51. The topological polar surface area (TPSA) is 74.5 Å². The number of nitrogens with one attached hydrogen (secondary N) is 1. The van der Waals surface area contributed by atoms with Crippen LogP contribution in [0.2, 0.25) is 5.02 Å². The molecule has 2 aromatic carbocycles. The van der Waals surface area contributed by atoms with Gasteiger partial charge in [0.25, 0.3) is 0 Å². The van der Waals surface area contributed by atoms with Gasteiger partial charge < -0.3 is 14.7 Å². The lowest BCUT2D eigenvalue weighted by atomic mass is 9.95. The van der Waals surface area contributed by atoms with Crippen LogP contribution >= 0.6 is 11.6 Å². The Hall–Kier alpha value is -2.90. The largest absolute Gasteiger partial charge is 0.372 e. The predicted molar refractivity (Wildman–Crippen MR) is 146 cm³/mol. The lowest BCUT2D eigenvalue weighted by Crippen LogP contribution is -2.41. The van der Waals surface area contributed by atoms with Gasteiger partial charge in [-0.1, -0.05) is 47.9 Å². The number of amides is 1. The molecule has 1 atom stereocenters. The number of carbonyl (C=O) groups excluding carboxylic acids is 1. The molecule has 3 aromatic rings. The van der Waals surface area contributed by atoms with Crippen molar-refractivity contribution in [2.24, 2.45) is 11.8 Å². The summed E-state index contributed by atoms with van der Waals surface area (Å²) < 4.78 is 5.46. The molecule has 2 saturated heterocycles. The van der Waals surface area contributed by atoms with Crippen molar-refractivity contribution in [3.05, 3.63) is 65.0 Å². The Morgan fingerprint density at radius 2 is 1.81 bits per heavy atom. The van der Waals surface area contributed by atoms with Gasteiger partial charge in [-0.15, -0.1) is 0 Å². The van der Waals surface area contributed by atoms with Gasteiger partial charge in [0.2, 0.25) is 17.6 Å². The summed E-state index contributed by atoms with van der Waals surface area (Å²) in [6.07, 6.45) is 4.15. The summed E-state index contributed by atoms with van der Waals surface area (Å²) in [5, 5.41) is 7.97. The summed E-state index contributed by atoms with van der Waals surface area (Å²) in [4.78, 5) is 22.2. The van der Waals surface area contributed by atoms with E-state index in [1.807, 2.05) is 24.3 Å². The zero-order valence-corrected chi connectivity index (χ0v) is 22.5. The van der Waals surface area contributed by atoms with Crippen molar-refractivity contribution in [3.63, 3.8) is 0 Å². The molecule has 196 valence electrons. The highest BCUT2D eigenvalue weighted by Crippen LogP contribution is 2.26. The van der Waals surface area contributed by atoms with E-state index in [-0.39, 0.29) is 17.9 Å². The molecule has 1 N–H and O–H groups in total. The second kappa shape index (κ2) is 11.7. The maximum Gasteiger partial charge on any atom is 0.241 e. The minimum Gasteiger partial charge on any atom is -0.372 e. The first-order valence-corrected chi connectivity index (χ1v) is 13.8. The van der Waals surface area contributed by atoms with E-state index in [1.54, 1.807) is 0 Å². The number of nitrogens with zero attached hydrogens (tertiary/aromatic N) is 4. The maximum atomic E-state index is 13.0. The highest BCUT2D eigenvalue weighted by atomic mass is 35.5. The second-order valence-corrected chi connectivity index (χ2v) is 11.0. The van der Waals surface area contributed by atoms with E-state index in [2.05, 4.69) is 63.4 Å². The van der Waals surface area contributed by atoms with Crippen LogP contribution in [0.15, 0.2) is 53.1 Å². The van der Waals surface area contributed by atoms with Gasteiger partial charge in [-0.05, 0) is 81.4 Å². The van der Waals surface area contributed by atoms with Crippen molar-refractivity contribution in [2.45, 2.75) is 52.1 Å². The number of benzene rings is 2. The Morgan fingerprint density at radius 3 is 2.51 bits per heavy atom. The summed E-state index contributed by atoms with van der Waals surface area (Å²) in [6.45, 7) is 8.89. The number of aromatic nitrogens is 2. The minimum absolute atomic E-state index is 0.00994. The van der Waals surface area contributed by atoms with Gasteiger partial charge in [0.1, 0.15) is 0 Å². The fourth-order valence-electron chi connectivity index (χ4n) is 5.26. The third-order valence-corrected chi connectivity index (χ3v) is 8.00. The van der Waals surface area contributed by atoms with Crippen LogP contribution in [0.1, 0.15) is 57.0 Å². The van der Waals surface area contributed by atoms with Crippen LogP contribution in [-0.2, 0) is 11.3 Å². The van der Waals surface area contributed by atoms with Gasteiger partial charge in [-0.2, -0.15) is 4.98 Å². The number of anilines is 1. The van der Waals surface area contributed by atoms with Crippen LogP contribution in [0.25, 0.3) is 11.4 Å². The SMILES string of the molecule is CC1CCN(c2ccc(C(C)NC(=O)C3CCN(Cc4nc(-c5cccc(Cl)c5)no4)CC3)cc2)CC1. The van der Waals surface area contributed by atoms with E-state index in [0.717, 1.165) is 56.1 Å². The van der Waals surface area contributed by atoms with Crippen LogP contribution in [0.3, 0.4) is 0 Å². The fraction of sp³-hybridized carbons (Fsp3) is 0.483. The molecule has 1 amide bonds. The van der Waals surface area contributed by atoms with Gasteiger partial charge in [0.05, 0.1) is 12.6 Å². The zero-order chi connectivity index (χ0) is 25.8. The molecule has 2 aliphatic rings. The molecule has 7 nitrogen and oxygen atoms in total. The number of likely N-dealkylation sites (tertiary alicyclic amines) is 1. The van der Waals surface area contributed by atoms with Crippen molar-refractivity contribution in [1.82, 2.24) is 20.4 Å². The zero-order valence-electron chi connectivity index (χ0n) is 21.7. The average Bonchev–Trinajstić information content (AvgIpc) is 3.38. The Labute approximate surface area is 224 Å². The standard InChI is InChI=1S/C29H36ClN5O2/c1-20-10-16-35(17-11-20)26-8-6-22(7-9-26)21(2)31-29(36)23-12-14-34(15-13-23)19-27-32-28(33-37-27)24-4-3-5-25(30)18-24/h3-9,18,20-21,23H,10-17,19H2,1-2H3,(H,31,36). The van der Waals surface area contributed by atoms with E-state index >= 15 is 0 Å². The third-order valence-electron chi connectivity index (χ3n) is 7.77. The molecule has 0 aliphatic carbocycles. The normalized spacial score (nSPS) is 18.6. The number of carbonyl (C=O) groups is 1. The van der Waals surface area contributed by atoms with Crippen molar-refractivity contribution in [2.75, 3.05) is 31.1 Å². The molecule has 8 heteroatoms. The van der Waals surface area contributed by atoms with Gasteiger partial charge in [-0.25, -0.2) is 0 Å². The highest BCUT2D eigenvalue weighted by molar-refractivity contribution is 6.30. The number of hydrogen-bond acceptors (Lipinski definition) is 6. The smallest absolute Gasteiger partial charge is 0.241 e. The van der Waals surface area contributed by atoms with Crippen molar-refractivity contribution < 1.29 is 9.32 Å². The summed E-state index contributed by atoms with van der Waals surface area (Å²) in [5.74, 6) is 2.11. The summed E-state index contributed by atoms with van der Waals surface area (Å²) in [7, 11) is 0. The first-order valence-electron chi connectivity index (χ1n) is 13.4.